The fourth-order valence-corrected chi connectivity index (χ4v) is 19.4. The van der Waals surface area contributed by atoms with Crippen molar-refractivity contribution in [3.63, 3.8) is 0 Å². The Balaban J connectivity index is 0.828. The molecule has 0 radical (unpaired) electrons. The highest BCUT2D eigenvalue weighted by Gasteiger charge is 2.66. The molecule has 2 aromatic heterocycles. The number of carboxylic acid groups (broad SMARTS) is 3. The van der Waals surface area contributed by atoms with E-state index in [-0.39, 0.29) is 154 Å². The van der Waals surface area contributed by atoms with Crippen LogP contribution in [-0.4, -0.2) is 290 Å². The predicted octanol–water partition coefficient (Wildman–Crippen LogP) is -0.357. The molecule has 4 saturated carbocycles. The van der Waals surface area contributed by atoms with E-state index >= 15 is 0 Å². The van der Waals surface area contributed by atoms with E-state index < -0.39 is 138 Å². The van der Waals surface area contributed by atoms with Gasteiger partial charge in [0.2, 0.25) is 59.1 Å². The topological polar surface area (TPSA) is 553 Å². The first-order valence-electron chi connectivity index (χ1n) is 43.3. The average molecular weight is 1710 g/mol. The van der Waals surface area contributed by atoms with Crippen LogP contribution in [0.5, 0.6) is 0 Å². The zero-order valence-electron chi connectivity index (χ0n) is 72.3. The third-order valence-corrected chi connectivity index (χ3v) is 26.0. The number of aliphatic carboxylic acids is 3. The molecule has 5 aliphatic rings. The number of hydrogen-bond acceptors (Lipinski definition) is 22. The molecule has 0 bridgehead atoms. The van der Waals surface area contributed by atoms with E-state index in [9.17, 15) is 92.7 Å². The SMILES string of the molecule is CC(C)C[C@H](NC(=O)[C@H](CC(C)C)NC(=O)[C@H](Cc1cnc[nH]1)NC(=O)CNC(=O)[C@@H](NC(=O)[C@H](C)NC(=O)[C@H](Cc1c[nH]c2ccccc12)NC(=O)[C@H](CCC(N)=O)NCC(=O)CC[C@@H](C)[C@H]1CC[C@H]2[C@@H]3C(O)CC4C[C@@H](NC(=O)CNC(=O)CN5CCNCCN(CC(=O)O)CCN(CC(=O)O)CC5)CC[C@]4(C)[C@H]3CC(O)[C@]12C)C(C)C)C(=O)O. The molecule has 37 nitrogen and oxygen atoms in total. The first-order chi connectivity index (χ1) is 57.7. The number of aromatic amines is 2. The largest absolute Gasteiger partial charge is 0.480 e. The lowest BCUT2D eigenvalue weighted by molar-refractivity contribution is -0.202. The fourth-order valence-electron chi connectivity index (χ4n) is 19.4. The van der Waals surface area contributed by atoms with Crippen LogP contribution in [0.3, 0.4) is 0 Å². The molecule has 1 aromatic carbocycles. The van der Waals surface area contributed by atoms with Crippen LogP contribution in [0.2, 0.25) is 0 Å². The number of para-hydroxylation sites is 1. The maximum Gasteiger partial charge on any atom is 0.326 e. The van der Waals surface area contributed by atoms with Crippen LogP contribution in [0, 0.1) is 64.1 Å². The number of carbonyl (C=O) groups excluding carboxylic acids is 11. The maximum absolute atomic E-state index is 14.6. The fraction of sp³-hybridized carbons (Fsp3) is 0.706. The van der Waals surface area contributed by atoms with Crippen LogP contribution < -0.4 is 64.2 Å². The highest BCUT2D eigenvalue weighted by Crippen LogP contribution is 2.68. The van der Waals surface area contributed by atoms with Gasteiger partial charge in [0.25, 0.3) is 0 Å². The van der Waals surface area contributed by atoms with Gasteiger partial charge in [-0.3, -0.25) is 82.3 Å². The molecule has 4 aliphatic carbocycles. The molecular formula is C85H134N18O19. The van der Waals surface area contributed by atoms with Crippen molar-refractivity contribution < 1.29 is 92.7 Å². The Bertz CT molecular complexity index is 4090. The van der Waals surface area contributed by atoms with Crippen molar-refractivity contribution in [3.8, 4) is 0 Å². The number of aliphatic hydroxyl groups is 2. The van der Waals surface area contributed by atoms with E-state index in [0.717, 1.165) is 30.2 Å². The number of nitrogens with zero attached hydrogens (tertiary/aromatic N) is 4. The maximum atomic E-state index is 14.6. The summed E-state index contributed by atoms with van der Waals surface area (Å²) in [6.07, 6.45) is 7.93. The van der Waals surface area contributed by atoms with Gasteiger partial charge in [-0.2, -0.15) is 0 Å². The number of aliphatic hydroxyl groups excluding tert-OH is 2. The van der Waals surface area contributed by atoms with Gasteiger partial charge in [0.05, 0.1) is 63.8 Å². The average Bonchev–Trinajstić information content (AvgIpc) is 1.46. The molecule has 10 amide bonds. The van der Waals surface area contributed by atoms with Crippen LogP contribution in [0.1, 0.15) is 164 Å². The number of fused-ring (bicyclic) bond motifs is 6. The molecule has 18 atom stereocenters. The van der Waals surface area contributed by atoms with Crippen LogP contribution in [0.4, 0.5) is 0 Å². The standard InChI is InChI=1S/C85H134N18O19/c1-47(2)31-63(80(118)99-66(83(121)122)32-48(3)4)97-81(119)65(36-55-39-88-46-93-55)96-71(109)42-92-82(120)76(49(5)6)100-77(115)51(8)94-79(117)64(33-52-38-89-61-14-12-11-13-57(52)61)98-78(116)62(19-20-69(86)107)90-40-56(104)16-15-50(7)58-17-18-59-75-60(37-68(106)85(58,59)10)84(9)22-21-54(34-53(84)35-67(75)105)95-70(108)41-91-72(110)43-101-25-23-87-24-26-102(44-73(111)112)28-30-103(29-27-101)45-74(113)114/h11-14,38-39,46-51,53-54,58-60,62-68,75-76,87,89-90,105-106H,15-37,40-45H2,1-10H3,(H2,86,107)(H,88,93)(H,91,110)(H,92,120)(H,94,117)(H,95,108)(H,96,109)(H,97,119)(H,98,116)(H,99,118)(H,100,115)(H,111,112)(H,113,114)(H,121,122)/t50-,51+,53?,54+,58-,59+,60+,62+,63+,64+,65+,66+,67?,68?,75+,76+,84+,85-/m1/s1. The number of Topliss-reactive ketones (excluding diaryl/α,β-unsaturated/α-hetero) is 1. The normalized spacial score (nSPS) is 24.9. The number of aromatic nitrogens is 3. The number of hydrogen-bond donors (Lipinski definition) is 19. The molecule has 20 N–H and O–H groups in total. The Morgan fingerprint density at radius 2 is 1.18 bits per heavy atom. The summed E-state index contributed by atoms with van der Waals surface area (Å²) < 4.78 is 0. The van der Waals surface area contributed by atoms with Gasteiger partial charge in [0.1, 0.15) is 42.0 Å². The highest BCUT2D eigenvalue weighted by molar-refractivity contribution is 5.98. The van der Waals surface area contributed by atoms with E-state index in [0.29, 0.717) is 95.7 Å². The van der Waals surface area contributed by atoms with E-state index in [2.05, 4.69) is 94.2 Å². The first-order valence-corrected chi connectivity index (χ1v) is 43.3. The number of carboxylic acids is 3. The molecule has 122 heavy (non-hydrogen) atoms. The number of ketones is 1. The van der Waals surface area contributed by atoms with Gasteiger partial charge in [-0.05, 0) is 153 Å². The minimum absolute atomic E-state index is 0.00239. The molecule has 0 spiro atoms. The zero-order valence-corrected chi connectivity index (χ0v) is 72.3. The van der Waals surface area contributed by atoms with Gasteiger partial charge in [-0.25, -0.2) is 9.78 Å². The summed E-state index contributed by atoms with van der Waals surface area (Å²) in [6.45, 7) is 20.0. The molecule has 3 heterocycles. The summed E-state index contributed by atoms with van der Waals surface area (Å²) in [4.78, 5) is 202. The summed E-state index contributed by atoms with van der Waals surface area (Å²) in [7, 11) is 0. The number of benzene rings is 1. The quantitative estimate of drug-likeness (QED) is 0.0344. The second-order valence-electron chi connectivity index (χ2n) is 36.2. The summed E-state index contributed by atoms with van der Waals surface area (Å²) in [5.74, 6) is -11.3. The van der Waals surface area contributed by atoms with E-state index in [1.807, 2.05) is 36.9 Å². The van der Waals surface area contributed by atoms with Gasteiger partial charge in [0, 0.05) is 113 Å². The lowest BCUT2D eigenvalue weighted by atomic mass is 9.43. The molecule has 3 aromatic rings. The van der Waals surface area contributed by atoms with Crippen molar-refractivity contribution in [2.45, 2.75) is 226 Å². The monoisotopic (exact) mass is 1710 g/mol. The number of imidazole rings is 1. The number of nitrogens with one attached hydrogen (secondary N) is 13. The van der Waals surface area contributed by atoms with Crippen molar-refractivity contribution in [3.05, 3.63) is 54.2 Å². The highest BCUT2D eigenvalue weighted by atomic mass is 16.4. The first kappa shape index (κ1) is 97.9. The number of primary amides is 1. The molecular weight excluding hydrogens is 1580 g/mol. The number of nitrogens with two attached hydrogens (primary N) is 1. The molecule has 37 heteroatoms. The molecule has 8 rings (SSSR count). The summed E-state index contributed by atoms with van der Waals surface area (Å²) in [5, 5.41) is 85.0. The van der Waals surface area contributed by atoms with Gasteiger partial charge >= 0.3 is 17.9 Å². The van der Waals surface area contributed by atoms with Gasteiger partial charge in [0.15, 0.2) is 0 Å². The summed E-state index contributed by atoms with van der Waals surface area (Å²) in [6, 6.07) is -1.87. The Morgan fingerprint density at radius 1 is 0.582 bits per heavy atom. The number of carbonyl (C=O) groups is 14. The number of amides is 10. The molecule has 678 valence electrons. The smallest absolute Gasteiger partial charge is 0.326 e. The van der Waals surface area contributed by atoms with Gasteiger partial charge < -0.3 is 94.4 Å². The van der Waals surface area contributed by atoms with Crippen molar-refractivity contribution >= 4 is 93.7 Å². The summed E-state index contributed by atoms with van der Waals surface area (Å²) >= 11 is 0. The van der Waals surface area contributed by atoms with E-state index in [1.54, 1.807) is 49.8 Å². The Morgan fingerprint density at radius 3 is 1.81 bits per heavy atom. The van der Waals surface area contributed by atoms with Crippen molar-refractivity contribution in [1.29, 1.82) is 0 Å². The van der Waals surface area contributed by atoms with Crippen molar-refractivity contribution in [1.82, 2.24) is 88.1 Å². The zero-order chi connectivity index (χ0) is 89.4. The predicted molar refractivity (Wildman–Crippen MR) is 450 cm³/mol. The Hall–Kier alpha value is -9.53. The Kier molecular flexibility index (Phi) is 36.7. The Labute approximate surface area is 713 Å². The van der Waals surface area contributed by atoms with Gasteiger partial charge in [-0.15, -0.1) is 0 Å². The number of rotatable bonds is 43. The summed E-state index contributed by atoms with van der Waals surface area (Å²) in [5.41, 5.74) is 6.61. The van der Waals surface area contributed by atoms with Crippen molar-refractivity contribution in [2.24, 2.45) is 69.8 Å². The second kappa shape index (κ2) is 45.7. The minimum atomic E-state index is -1.37. The third-order valence-electron chi connectivity index (χ3n) is 26.0. The number of H-pyrrole nitrogens is 2. The van der Waals surface area contributed by atoms with Gasteiger partial charge in [-0.1, -0.05) is 80.5 Å². The third kappa shape index (κ3) is 28.0. The van der Waals surface area contributed by atoms with Crippen LogP contribution in [0.15, 0.2) is 43.0 Å². The molecule has 3 unspecified atom stereocenters. The molecule has 1 saturated heterocycles. The molecule has 1 aliphatic heterocycles. The van der Waals surface area contributed by atoms with E-state index in [1.165, 1.54) is 19.4 Å². The van der Waals surface area contributed by atoms with Crippen LogP contribution in [-0.2, 0) is 80.0 Å². The lowest BCUT2D eigenvalue weighted by Gasteiger charge is -2.63. The van der Waals surface area contributed by atoms with Crippen molar-refractivity contribution in [2.75, 3.05) is 91.6 Å². The second-order valence-corrected chi connectivity index (χ2v) is 36.2. The van der Waals surface area contributed by atoms with Crippen LogP contribution in [0.25, 0.3) is 10.9 Å². The molecule has 5 fully saturated rings. The minimum Gasteiger partial charge on any atom is -0.480 e. The van der Waals surface area contributed by atoms with Crippen LogP contribution >= 0.6 is 0 Å². The van der Waals surface area contributed by atoms with E-state index in [4.69, 9.17) is 5.73 Å². The lowest BCUT2D eigenvalue weighted by Crippen LogP contribution is -2.63.